The van der Waals surface area contributed by atoms with E-state index in [1.807, 2.05) is 0 Å². The molecule has 0 fully saturated rings. The lowest BCUT2D eigenvalue weighted by Gasteiger charge is -2.26. The molecule has 0 saturated carbocycles. The summed E-state index contributed by atoms with van der Waals surface area (Å²) in [5.74, 6) is 0. The van der Waals surface area contributed by atoms with E-state index in [-0.39, 0.29) is 6.73 Å². The Hall–Kier alpha value is -1.70. The van der Waals surface area contributed by atoms with Gasteiger partial charge in [0, 0.05) is 12.4 Å². The molecule has 0 saturated heterocycles. The molecule has 116 valence electrons. The van der Waals surface area contributed by atoms with E-state index in [0.29, 0.717) is 0 Å². The number of carbonyl (C=O) groups excluding carboxylic acids is 2. The number of urea groups is 2. The third-order valence-corrected chi connectivity index (χ3v) is 0.945. The molecule has 0 bridgehead atoms. The van der Waals surface area contributed by atoms with Gasteiger partial charge in [-0.3, -0.25) is 14.5 Å². The average Bonchev–Trinajstić information content (AvgIpc) is 2.27. The maximum absolute atomic E-state index is 9.00. The van der Waals surface area contributed by atoms with Gasteiger partial charge < -0.3 is 27.7 Å². The minimum atomic E-state index is -0.833. The number of hydrogen-bond donors (Lipinski definition) is 4. The molecule has 0 atom stereocenters. The number of methoxy groups -OCH3 is 1. The molecule has 12 heteroatoms. The maximum atomic E-state index is 9.00. The van der Waals surface area contributed by atoms with Crippen LogP contribution in [-0.4, -0.2) is 57.7 Å². The number of hydrogen-bond acceptors (Lipinski definition) is 8. The molecule has 0 heterocycles. The van der Waals surface area contributed by atoms with Gasteiger partial charge in [-0.25, -0.2) is 9.59 Å². The van der Waals surface area contributed by atoms with Crippen LogP contribution < -0.4 is 22.9 Å². The van der Waals surface area contributed by atoms with Crippen molar-refractivity contribution in [2.45, 2.75) is 0 Å². The van der Waals surface area contributed by atoms with Gasteiger partial charge in [0.1, 0.15) is 6.73 Å². The number of rotatable bonds is 6. The Morgan fingerprint density at radius 1 is 0.842 bits per heavy atom. The fourth-order valence-corrected chi connectivity index (χ4v) is 0.534. The van der Waals surface area contributed by atoms with Gasteiger partial charge in [0.15, 0.2) is 0 Å². The zero-order valence-electron chi connectivity index (χ0n) is 11.4. The summed E-state index contributed by atoms with van der Waals surface area (Å²) in [6, 6.07) is -1.67. The Labute approximate surface area is 110 Å². The van der Waals surface area contributed by atoms with E-state index in [1.54, 1.807) is 0 Å². The largest absolute Gasteiger partial charge is 0.365 e. The van der Waals surface area contributed by atoms with Crippen LogP contribution in [-0.2, 0) is 19.2 Å². The average molecular weight is 286 g/mol. The molecule has 0 aromatic heterocycles. The van der Waals surface area contributed by atoms with E-state index in [2.05, 4.69) is 22.9 Å². The van der Waals surface area contributed by atoms with Crippen LogP contribution >= 0.6 is 0 Å². The second kappa shape index (κ2) is 16.3. The number of carbonyl (C=O) groups is 2. The van der Waals surface area contributed by atoms with E-state index in [0.717, 1.165) is 5.34 Å². The summed E-state index contributed by atoms with van der Waals surface area (Å²) in [6.45, 7) is 0.220. The molecule has 4 amide bonds. The summed E-state index contributed by atoms with van der Waals surface area (Å²) in [7, 11) is 5.91. The van der Waals surface area contributed by atoms with Crippen LogP contribution in [0.1, 0.15) is 0 Å². The van der Waals surface area contributed by atoms with Crippen molar-refractivity contribution in [3.63, 3.8) is 0 Å². The molecule has 0 aromatic rings. The van der Waals surface area contributed by atoms with Gasteiger partial charge in [0.25, 0.3) is 0 Å². The van der Waals surface area contributed by atoms with Gasteiger partial charge in [-0.05, 0) is 5.17 Å². The van der Waals surface area contributed by atoms with Gasteiger partial charge in [-0.2, -0.15) is 0 Å². The van der Waals surface area contributed by atoms with Crippen LogP contribution in [0.15, 0.2) is 0 Å². The van der Waals surface area contributed by atoms with E-state index in [4.69, 9.17) is 28.8 Å². The third kappa shape index (κ3) is 26.1. The molecule has 19 heavy (non-hydrogen) atoms. The summed E-state index contributed by atoms with van der Waals surface area (Å²) >= 11 is 0. The zero-order chi connectivity index (χ0) is 15.8. The normalized spacial score (nSPS) is 9.16. The van der Waals surface area contributed by atoms with Crippen LogP contribution in [0.25, 0.3) is 0 Å². The molecule has 0 aromatic carbocycles. The highest BCUT2D eigenvalue weighted by molar-refractivity contribution is 5.69. The van der Waals surface area contributed by atoms with Gasteiger partial charge in [-0.1, -0.05) is 0 Å². The number of hydroxylamine groups is 1. The van der Waals surface area contributed by atoms with Crippen LogP contribution in [0.2, 0.25) is 0 Å². The first kappa shape index (κ1) is 22.5. The van der Waals surface area contributed by atoms with Crippen LogP contribution in [0.4, 0.5) is 9.59 Å². The molecule has 0 aliphatic rings. The fourth-order valence-electron chi connectivity index (χ4n) is 0.534. The van der Waals surface area contributed by atoms with Gasteiger partial charge in [0.2, 0.25) is 0 Å². The Bertz CT molecular complexity index is 206. The molecule has 12 nitrogen and oxygen atoms in total. The van der Waals surface area contributed by atoms with E-state index in [9.17, 15) is 0 Å². The highest BCUT2D eigenvalue weighted by Crippen LogP contribution is 1.97. The first-order valence-corrected chi connectivity index (χ1v) is 4.55. The van der Waals surface area contributed by atoms with Gasteiger partial charge in [-0.15, -0.1) is 0 Å². The Kier molecular flexibility index (Phi) is 19.3. The third-order valence-electron chi connectivity index (χ3n) is 0.945. The van der Waals surface area contributed by atoms with E-state index >= 15 is 0 Å². The second-order valence-corrected chi connectivity index (χ2v) is 2.36. The first-order valence-electron chi connectivity index (χ1n) is 4.55. The minimum Gasteiger partial charge on any atom is -0.365 e. The van der Waals surface area contributed by atoms with Crippen molar-refractivity contribution in [2.75, 3.05) is 35.2 Å². The van der Waals surface area contributed by atoms with Gasteiger partial charge in [0.05, 0.1) is 21.3 Å². The van der Waals surface area contributed by atoms with Crippen LogP contribution in [0, 0.1) is 0 Å². The monoisotopic (exact) mass is 286 g/mol. The lowest BCUT2D eigenvalue weighted by atomic mass is 11.2. The maximum Gasteiger partial charge on any atom is 0.309 e. The predicted octanol–water partition coefficient (Wildman–Crippen LogP) is -2.16. The van der Waals surface area contributed by atoms with E-state index in [1.165, 1.54) is 33.6 Å². The predicted molar refractivity (Wildman–Crippen MR) is 64.1 cm³/mol. The van der Waals surface area contributed by atoms with Crippen LogP contribution in [0.3, 0.4) is 0 Å². The topological polar surface area (TPSA) is 182 Å². The lowest BCUT2D eigenvalue weighted by molar-refractivity contribution is -0.525. The van der Waals surface area contributed by atoms with Crippen molar-refractivity contribution < 1.29 is 28.8 Å². The Morgan fingerprint density at radius 2 is 1.16 bits per heavy atom. The smallest absolute Gasteiger partial charge is 0.309 e. The highest BCUT2D eigenvalue weighted by atomic mass is 17.0. The van der Waals surface area contributed by atoms with Crippen molar-refractivity contribution in [3.05, 3.63) is 0 Å². The molecule has 0 radical (unpaired) electrons. The number of nitrogens with zero attached hydrogens (tertiary/aromatic N) is 2. The number of amides is 4. The zero-order valence-corrected chi connectivity index (χ0v) is 11.4. The highest BCUT2D eigenvalue weighted by Gasteiger charge is 2.13. The van der Waals surface area contributed by atoms with Crippen molar-refractivity contribution in [1.82, 2.24) is 10.5 Å². The SMILES string of the molecule is COCN(OC)N(OC)OC.NC(N)=O.NC(N)=O. The van der Waals surface area contributed by atoms with Crippen molar-refractivity contribution in [1.29, 1.82) is 0 Å². The quantitative estimate of drug-likeness (QED) is 0.314. The lowest BCUT2D eigenvalue weighted by Crippen LogP contribution is -2.41. The molecule has 0 aliphatic heterocycles. The minimum absolute atomic E-state index is 0.220. The second-order valence-electron chi connectivity index (χ2n) is 2.36. The van der Waals surface area contributed by atoms with Crippen molar-refractivity contribution in [2.24, 2.45) is 22.9 Å². The summed E-state index contributed by atoms with van der Waals surface area (Å²) < 4.78 is 4.78. The number of primary amides is 4. The molecular formula is C7H22N6O6. The fraction of sp³-hybridized carbons (Fsp3) is 0.714. The molecule has 0 aliphatic carbocycles. The van der Waals surface area contributed by atoms with Gasteiger partial charge >= 0.3 is 12.1 Å². The number of hydrazine groups is 1. The molecular weight excluding hydrogens is 264 g/mol. The Morgan fingerprint density at radius 3 is 1.32 bits per heavy atom. The number of ether oxygens (including phenoxy) is 1. The molecule has 8 N–H and O–H groups in total. The molecule has 0 unspecified atom stereocenters. The summed E-state index contributed by atoms with van der Waals surface area (Å²) in [4.78, 5) is 32.3. The van der Waals surface area contributed by atoms with Crippen molar-refractivity contribution >= 4 is 12.1 Å². The van der Waals surface area contributed by atoms with Crippen LogP contribution in [0.5, 0.6) is 0 Å². The standard InChI is InChI=1S/C5H14N2O4.2CH4N2O/c1-8-5-6(9-2)7(10-3)11-4;2*2-1(3)4/h5H2,1-4H3;2*(H4,2,3,4). The molecule has 0 spiro atoms. The Balaban J connectivity index is -0.000000264. The first-order chi connectivity index (χ1) is 8.76. The summed E-state index contributed by atoms with van der Waals surface area (Å²) in [5.41, 5.74) is 17.0. The van der Waals surface area contributed by atoms with E-state index < -0.39 is 12.1 Å². The summed E-state index contributed by atoms with van der Waals surface area (Å²) in [5, 5.41) is 2.30. The van der Waals surface area contributed by atoms with Crippen molar-refractivity contribution in [3.8, 4) is 0 Å². The summed E-state index contributed by atoms with van der Waals surface area (Å²) in [6.07, 6.45) is 0. The molecule has 0 rings (SSSR count). The number of nitrogens with two attached hydrogens (primary N) is 4.